The number of rotatable bonds is 3. The molecule has 0 heterocycles. The first kappa shape index (κ1) is 13.1. The molecule has 3 heteroatoms. The average Bonchev–Trinajstić information content (AvgIpc) is 1.96. The highest BCUT2D eigenvalue weighted by molar-refractivity contribution is 5.92. The fourth-order valence-electron chi connectivity index (χ4n) is 1.22. The highest BCUT2D eigenvalue weighted by Crippen LogP contribution is 2.20. The number of carbonyl (C=O) groups is 2. The van der Waals surface area contributed by atoms with Gasteiger partial charge in [0, 0.05) is 12.3 Å². The molecule has 0 unspecified atom stereocenters. The van der Waals surface area contributed by atoms with Gasteiger partial charge in [0.05, 0.1) is 6.04 Å². The van der Waals surface area contributed by atoms with Crippen LogP contribution in [0.2, 0.25) is 0 Å². The van der Waals surface area contributed by atoms with Gasteiger partial charge in [-0.15, -0.1) is 0 Å². The van der Waals surface area contributed by atoms with Crippen LogP contribution in [-0.4, -0.2) is 17.7 Å². The van der Waals surface area contributed by atoms with E-state index in [2.05, 4.69) is 5.32 Å². The third kappa shape index (κ3) is 3.90. The molecule has 0 radical (unpaired) electrons. The van der Waals surface area contributed by atoms with Gasteiger partial charge in [0.2, 0.25) is 5.91 Å². The van der Waals surface area contributed by atoms with Crippen molar-refractivity contribution in [2.45, 2.75) is 47.6 Å². The predicted molar refractivity (Wildman–Crippen MR) is 56.9 cm³/mol. The molecule has 82 valence electrons. The summed E-state index contributed by atoms with van der Waals surface area (Å²) in [6, 6.07) is -0.368. The first-order valence-corrected chi connectivity index (χ1v) is 4.97. The van der Waals surface area contributed by atoms with E-state index in [1.165, 1.54) is 6.92 Å². The van der Waals surface area contributed by atoms with Crippen LogP contribution in [0.4, 0.5) is 0 Å². The molecule has 0 rings (SSSR count). The lowest BCUT2D eigenvalue weighted by atomic mass is 9.82. The van der Waals surface area contributed by atoms with E-state index >= 15 is 0 Å². The first-order chi connectivity index (χ1) is 6.16. The molecule has 0 bridgehead atoms. The maximum absolute atomic E-state index is 11.9. The number of nitrogens with one attached hydrogen (secondary N) is 1. The summed E-state index contributed by atoms with van der Waals surface area (Å²) in [5, 5.41) is 2.70. The number of hydrogen-bond donors (Lipinski definition) is 1. The Labute approximate surface area is 86.3 Å². The minimum atomic E-state index is -0.405. The first-order valence-electron chi connectivity index (χ1n) is 4.97. The maximum atomic E-state index is 11.9. The maximum Gasteiger partial charge on any atom is 0.217 e. The Morgan fingerprint density at radius 3 is 1.79 bits per heavy atom. The second-order valence-electron chi connectivity index (χ2n) is 5.04. The Morgan fingerprint density at radius 1 is 1.14 bits per heavy atom. The number of Topliss-reactive ketones (excluding diaryl/α,β-unsaturated/α-hetero) is 1. The molecule has 0 aliphatic heterocycles. The molecule has 0 aromatic rings. The van der Waals surface area contributed by atoms with Crippen LogP contribution in [0, 0.1) is 11.3 Å². The van der Waals surface area contributed by atoms with Crippen LogP contribution in [0.5, 0.6) is 0 Å². The van der Waals surface area contributed by atoms with Crippen molar-refractivity contribution >= 4 is 11.7 Å². The normalized spacial score (nSPS) is 13.9. The number of ketones is 1. The Morgan fingerprint density at radius 2 is 1.57 bits per heavy atom. The molecule has 1 amide bonds. The average molecular weight is 199 g/mol. The number of carbonyl (C=O) groups excluding carboxylic acids is 2. The molecule has 14 heavy (non-hydrogen) atoms. The van der Waals surface area contributed by atoms with Crippen LogP contribution in [0.25, 0.3) is 0 Å². The van der Waals surface area contributed by atoms with Crippen LogP contribution in [0.15, 0.2) is 0 Å². The highest BCUT2D eigenvalue weighted by atomic mass is 16.2. The van der Waals surface area contributed by atoms with Crippen molar-refractivity contribution in [3.05, 3.63) is 0 Å². The van der Waals surface area contributed by atoms with E-state index in [0.29, 0.717) is 0 Å². The zero-order valence-electron chi connectivity index (χ0n) is 9.97. The van der Waals surface area contributed by atoms with Crippen molar-refractivity contribution in [3.8, 4) is 0 Å². The van der Waals surface area contributed by atoms with Gasteiger partial charge in [-0.25, -0.2) is 0 Å². The van der Waals surface area contributed by atoms with Crippen molar-refractivity contribution < 1.29 is 9.59 Å². The summed E-state index contributed by atoms with van der Waals surface area (Å²) < 4.78 is 0. The van der Waals surface area contributed by atoms with Gasteiger partial charge < -0.3 is 5.32 Å². The lowest BCUT2D eigenvalue weighted by Gasteiger charge is -2.27. The van der Waals surface area contributed by atoms with Crippen LogP contribution in [0.1, 0.15) is 41.5 Å². The summed E-state index contributed by atoms with van der Waals surface area (Å²) in [6.07, 6.45) is 0. The molecule has 1 atom stereocenters. The molecule has 0 aliphatic carbocycles. The van der Waals surface area contributed by atoms with E-state index in [-0.39, 0.29) is 23.7 Å². The van der Waals surface area contributed by atoms with Crippen molar-refractivity contribution in [2.75, 3.05) is 0 Å². The fraction of sp³-hybridized carbons (Fsp3) is 0.818. The van der Waals surface area contributed by atoms with Gasteiger partial charge in [0.15, 0.2) is 5.78 Å². The lowest BCUT2D eigenvalue weighted by Crippen LogP contribution is -2.47. The largest absolute Gasteiger partial charge is 0.346 e. The summed E-state index contributed by atoms with van der Waals surface area (Å²) in [5.74, 6) is 0.0645. The zero-order valence-corrected chi connectivity index (χ0v) is 9.97. The molecule has 0 saturated carbocycles. The number of hydrogen-bond acceptors (Lipinski definition) is 2. The highest BCUT2D eigenvalue weighted by Gasteiger charge is 2.31. The topological polar surface area (TPSA) is 46.2 Å². The summed E-state index contributed by atoms with van der Waals surface area (Å²) in [5.41, 5.74) is -0.405. The molecule has 1 N–H and O–H groups in total. The summed E-state index contributed by atoms with van der Waals surface area (Å²) in [6.45, 7) is 10.9. The number of amides is 1. The fourth-order valence-corrected chi connectivity index (χ4v) is 1.22. The molecule has 0 saturated heterocycles. The third-order valence-electron chi connectivity index (χ3n) is 2.05. The monoisotopic (exact) mass is 199 g/mol. The predicted octanol–water partition coefficient (Wildman–Crippen LogP) is 1.76. The Balaban J connectivity index is 4.67. The molecule has 0 spiro atoms. The van der Waals surface area contributed by atoms with E-state index < -0.39 is 5.41 Å². The molecule has 0 fully saturated rings. The van der Waals surface area contributed by atoms with Gasteiger partial charge in [-0.2, -0.15) is 0 Å². The lowest BCUT2D eigenvalue weighted by molar-refractivity contribution is -0.133. The minimum absolute atomic E-state index is 0.0858. The van der Waals surface area contributed by atoms with Gasteiger partial charge >= 0.3 is 0 Å². The summed E-state index contributed by atoms with van der Waals surface area (Å²) >= 11 is 0. The summed E-state index contributed by atoms with van der Waals surface area (Å²) in [7, 11) is 0. The van der Waals surface area contributed by atoms with E-state index in [0.717, 1.165) is 0 Å². The van der Waals surface area contributed by atoms with Crippen molar-refractivity contribution in [1.82, 2.24) is 5.32 Å². The quantitative estimate of drug-likeness (QED) is 0.753. The molecule has 0 aromatic carbocycles. The van der Waals surface area contributed by atoms with Gasteiger partial charge in [0.25, 0.3) is 0 Å². The smallest absolute Gasteiger partial charge is 0.217 e. The van der Waals surface area contributed by atoms with Gasteiger partial charge in [-0.3, -0.25) is 9.59 Å². The molecular weight excluding hydrogens is 178 g/mol. The third-order valence-corrected chi connectivity index (χ3v) is 2.05. The van der Waals surface area contributed by atoms with Crippen molar-refractivity contribution in [1.29, 1.82) is 0 Å². The standard InChI is InChI=1S/C11H21NO2/c1-7(2)9(12-8(3)13)10(14)11(4,5)6/h7,9H,1-6H3,(H,12,13)/t9-/m0/s1. The van der Waals surface area contributed by atoms with E-state index in [1.807, 2.05) is 34.6 Å². The van der Waals surface area contributed by atoms with Crippen LogP contribution in [0.3, 0.4) is 0 Å². The van der Waals surface area contributed by atoms with Crippen molar-refractivity contribution in [2.24, 2.45) is 11.3 Å². The molecular formula is C11H21NO2. The molecule has 0 aliphatic rings. The van der Waals surface area contributed by atoms with Gasteiger partial charge in [-0.1, -0.05) is 34.6 Å². The Bertz CT molecular complexity index is 226. The SMILES string of the molecule is CC(=O)N[C@H](C(=O)C(C)(C)C)C(C)C. The minimum Gasteiger partial charge on any atom is -0.346 e. The van der Waals surface area contributed by atoms with E-state index in [4.69, 9.17) is 0 Å². The Kier molecular flexibility index (Phi) is 4.30. The van der Waals surface area contributed by atoms with Gasteiger partial charge in [0.1, 0.15) is 0 Å². The Hall–Kier alpha value is -0.860. The van der Waals surface area contributed by atoms with Gasteiger partial charge in [-0.05, 0) is 5.92 Å². The molecule has 3 nitrogen and oxygen atoms in total. The van der Waals surface area contributed by atoms with Crippen LogP contribution < -0.4 is 5.32 Å². The zero-order chi connectivity index (χ0) is 11.5. The van der Waals surface area contributed by atoms with E-state index in [1.54, 1.807) is 0 Å². The second kappa shape index (κ2) is 4.58. The van der Waals surface area contributed by atoms with Crippen molar-refractivity contribution in [3.63, 3.8) is 0 Å². The van der Waals surface area contributed by atoms with E-state index in [9.17, 15) is 9.59 Å². The van der Waals surface area contributed by atoms with Crippen LogP contribution >= 0.6 is 0 Å². The second-order valence-corrected chi connectivity index (χ2v) is 5.04. The summed E-state index contributed by atoms with van der Waals surface area (Å²) in [4.78, 5) is 22.9. The molecule has 0 aromatic heterocycles. The van der Waals surface area contributed by atoms with Crippen LogP contribution in [-0.2, 0) is 9.59 Å².